The summed E-state index contributed by atoms with van der Waals surface area (Å²) in [5, 5.41) is 4.25. The first kappa shape index (κ1) is 13.6. The number of aryl methyl sites for hydroxylation is 1. The van der Waals surface area contributed by atoms with E-state index < -0.39 is 0 Å². The van der Waals surface area contributed by atoms with E-state index in [4.69, 9.17) is 11.6 Å². The lowest BCUT2D eigenvalue weighted by molar-refractivity contribution is 0.102. The summed E-state index contributed by atoms with van der Waals surface area (Å²) in [6.07, 6.45) is 1.73. The highest BCUT2D eigenvalue weighted by Crippen LogP contribution is 2.24. The molecule has 0 saturated heterocycles. The second-order valence-electron chi connectivity index (χ2n) is 4.81. The molecule has 0 aliphatic carbocycles. The molecule has 0 aliphatic heterocycles. The van der Waals surface area contributed by atoms with E-state index in [1.165, 1.54) is 0 Å². The highest BCUT2D eigenvalue weighted by Gasteiger charge is 2.12. The maximum absolute atomic E-state index is 12.4. The highest BCUT2D eigenvalue weighted by atomic mass is 35.5. The van der Waals surface area contributed by atoms with Crippen LogP contribution in [0.2, 0.25) is 5.02 Å². The molecule has 2 aromatic carbocycles. The van der Waals surface area contributed by atoms with Gasteiger partial charge in [-0.25, -0.2) is 0 Å². The van der Waals surface area contributed by atoms with Gasteiger partial charge in [-0.05, 0) is 48.9 Å². The van der Waals surface area contributed by atoms with Crippen LogP contribution in [0, 0.1) is 6.92 Å². The van der Waals surface area contributed by atoms with E-state index in [0.29, 0.717) is 10.6 Å². The van der Waals surface area contributed by atoms with Crippen LogP contribution in [0.25, 0.3) is 10.9 Å². The van der Waals surface area contributed by atoms with Crippen molar-refractivity contribution in [2.45, 2.75) is 6.92 Å². The van der Waals surface area contributed by atoms with Gasteiger partial charge in [-0.3, -0.25) is 9.78 Å². The minimum Gasteiger partial charge on any atom is -0.321 e. The first-order valence-electron chi connectivity index (χ1n) is 6.56. The number of benzene rings is 2. The largest absolute Gasteiger partial charge is 0.321 e. The Kier molecular flexibility index (Phi) is 3.59. The zero-order valence-corrected chi connectivity index (χ0v) is 12.2. The predicted molar refractivity (Wildman–Crippen MR) is 85.9 cm³/mol. The van der Waals surface area contributed by atoms with Crippen LogP contribution in [0.3, 0.4) is 0 Å². The molecule has 1 N–H and O–H groups in total. The summed E-state index contributed by atoms with van der Waals surface area (Å²) < 4.78 is 0. The quantitative estimate of drug-likeness (QED) is 0.759. The fourth-order valence-electron chi connectivity index (χ4n) is 2.21. The number of nitrogens with one attached hydrogen (secondary N) is 1. The lowest BCUT2D eigenvalue weighted by Gasteiger charge is -2.09. The van der Waals surface area contributed by atoms with Crippen molar-refractivity contribution >= 4 is 34.1 Å². The SMILES string of the molecule is Cc1ccc(C(=O)Nc2cccc3ncccc23)c(Cl)c1. The number of fused-ring (bicyclic) bond motifs is 1. The monoisotopic (exact) mass is 296 g/mol. The van der Waals surface area contributed by atoms with E-state index in [1.807, 2.05) is 43.3 Å². The number of hydrogen-bond acceptors (Lipinski definition) is 2. The van der Waals surface area contributed by atoms with Gasteiger partial charge in [0.25, 0.3) is 5.91 Å². The third-order valence-corrected chi connectivity index (χ3v) is 3.58. The molecule has 1 heterocycles. The summed E-state index contributed by atoms with van der Waals surface area (Å²) in [6, 6.07) is 14.8. The second-order valence-corrected chi connectivity index (χ2v) is 5.22. The Morgan fingerprint density at radius 3 is 2.81 bits per heavy atom. The van der Waals surface area contributed by atoms with E-state index in [2.05, 4.69) is 10.3 Å². The van der Waals surface area contributed by atoms with Crippen LogP contribution < -0.4 is 5.32 Å². The number of anilines is 1. The number of hydrogen-bond donors (Lipinski definition) is 1. The van der Waals surface area contributed by atoms with Crippen molar-refractivity contribution in [1.82, 2.24) is 4.98 Å². The van der Waals surface area contributed by atoms with E-state index in [1.54, 1.807) is 18.3 Å². The van der Waals surface area contributed by atoms with Gasteiger partial charge in [-0.15, -0.1) is 0 Å². The minimum atomic E-state index is -0.226. The Morgan fingerprint density at radius 2 is 2.00 bits per heavy atom. The van der Waals surface area contributed by atoms with Crippen molar-refractivity contribution in [1.29, 1.82) is 0 Å². The molecule has 21 heavy (non-hydrogen) atoms. The molecular formula is C17H13ClN2O. The standard InChI is InChI=1S/C17H13ClN2O/c1-11-7-8-12(14(18)10-11)17(21)20-16-6-2-5-15-13(16)4-3-9-19-15/h2-10H,1H3,(H,20,21). The Balaban J connectivity index is 1.97. The van der Waals surface area contributed by atoms with Crippen molar-refractivity contribution in [3.63, 3.8) is 0 Å². The summed E-state index contributed by atoms with van der Waals surface area (Å²) in [5.41, 5.74) is 3.04. The Morgan fingerprint density at radius 1 is 1.14 bits per heavy atom. The van der Waals surface area contributed by atoms with Crippen LogP contribution in [0.15, 0.2) is 54.7 Å². The van der Waals surface area contributed by atoms with Crippen molar-refractivity contribution in [3.05, 3.63) is 70.9 Å². The minimum absolute atomic E-state index is 0.226. The zero-order chi connectivity index (χ0) is 14.8. The molecule has 0 atom stereocenters. The second kappa shape index (κ2) is 5.54. The maximum atomic E-state index is 12.4. The summed E-state index contributed by atoms with van der Waals surface area (Å²) in [6.45, 7) is 1.93. The molecule has 0 spiro atoms. The third-order valence-electron chi connectivity index (χ3n) is 3.26. The molecule has 0 radical (unpaired) electrons. The van der Waals surface area contributed by atoms with Crippen LogP contribution in [-0.4, -0.2) is 10.9 Å². The van der Waals surface area contributed by atoms with Gasteiger partial charge in [-0.2, -0.15) is 0 Å². The maximum Gasteiger partial charge on any atom is 0.257 e. The number of carbonyl (C=O) groups excluding carboxylic acids is 1. The number of carbonyl (C=O) groups is 1. The van der Waals surface area contributed by atoms with Gasteiger partial charge in [0.15, 0.2) is 0 Å². The Hall–Kier alpha value is -2.39. The first-order chi connectivity index (χ1) is 10.1. The Bertz CT molecular complexity index is 825. The zero-order valence-electron chi connectivity index (χ0n) is 11.4. The number of rotatable bonds is 2. The number of pyridine rings is 1. The van der Waals surface area contributed by atoms with Gasteiger partial charge in [0.05, 0.1) is 21.8 Å². The van der Waals surface area contributed by atoms with Crippen LogP contribution in [0.5, 0.6) is 0 Å². The first-order valence-corrected chi connectivity index (χ1v) is 6.94. The van der Waals surface area contributed by atoms with Gasteiger partial charge in [-0.1, -0.05) is 23.7 Å². The highest BCUT2D eigenvalue weighted by molar-refractivity contribution is 6.34. The van der Waals surface area contributed by atoms with Crippen LogP contribution in [0.1, 0.15) is 15.9 Å². The van der Waals surface area contributed by atoms with E-state index in [-0.39, 0.29) is 5.91 Å². The smallest absolute Gasteiger partial charge is 0.257 e. The van der Waals surface area contributed by atoms with Crippen molar-refractivity contribution < 1.29 is 4.79 Å². The average Bonchev–Trinajstić information content (AvgIpc) is 2.47. The third kappa shape index (κ3) is 2.73. The molecule has 104 valence electrons. The van der Waals surface area contributed by atoms with Crippen LogP contribution >= 0.6 is 11.6 Å². The van der Waals surface area contributed by atoms with Crippen molar-refractivity contribution in [3.8, 4) is 0 Å². The molecule has 0 fully saturated rings. The molecule has 3 nitrogen and oxygen atoms in total. The van der Waals surface area contributed by atoms with E-state index in [9.17, 15) is 4.79 Å². The topological polar surface area (TPSA) is 42.0 Å². The van der Waals surface area contributed by atoms with Gasteiger partial charge in [0.2, 0.25) is 0 Å². The van der Waals surface area contributed by atoms with Crippen LogP contribution in [0.4, 0.5) is 5.69 Å². The molecule has 1 aromatic heterocycles. The molecule has 3 aromatic rings. The van der Waals surface area contributed by atoms with Gasteiger partial charge < -0.3 is 5.32 Å². The molecule has 1 amide bonds. The molecule has 0 saturated carbocycles. The summed E-state index contributed by atoms with van der Waals surface area (Å²) in [5.74, 6) is -0.226. The predicted octanol–water partition coefficient (Wildman–Crippen LogP) is 4.45. The van der Waals surface area contributed by atoms with E-state index in [0.717, 1.165) is 22.2 Å². The molecule has 3 rings (SSSR count). The summed E-state index contributed by atoms with van der Waals surface area (Å²) in [7, 11) is 0. The van der Waals surface area contributed by atoms with Crippen molar-refractivity contribution in [2.24, 2.45) is 0 Å². The molecular weight excluding hydrogens is 284 g/mol. The van der Waals surface area contributed by atoms with Gasteiger partial charge in [0.1, 0.15) is 0 Å². The fraction of sp³-hybridized carbons (Fsp3) is 0.0588. The lowest BCUT2D eigenvalue weighted by Crippen LogP contribution is -2.12. The Labute approximate surface area is 127 Å². The lowest BCUT2D eigenvalue weighted by atomic mass is 10.1. The molecule has 4 heteroatoms. The number of nitrogens with zero attached hydrogens (tertiary/aromatic N) is 1. The normalized spacial score (nSPS) is 10.6. The molecule has 0 aliphatic rings. The van der Waals surface area contributed by atoms with Crippen LogP contribution in [-0.2, 0) is 0 Å². The number of halogens is 1. The van der Waals surface area contributed by atoms with Crippen molar-refractivity contribution in [2.75, 3.05) is 5.32 Å². The molecule has 0 unspecified atom stereocenters. The number of amides is 1. The fourth-order valence-corrected chi connectivity index (χ4v) is 2.53. The van der Waals surface area contributed by atoms with Gasteiger partial charge in [0, 0.05) is 11.6 Å². The summed E-state index contributed by atoms with van der Waals surface area (Å²) >= 11 is 6.14. The van der Waals surface area contributed by atoms with Gasteiger partial charge >= 0.3 is 0 Å². The van der Waals surface area contributed by atoms with E-state index >= 15 is 0 Å². The number of aromatic nitrogens is 1. The summed E-state index contributed by atoms with van der Waals surface area (Å²) in [4.78, 5) is 16.6. The molecule has 0 bridgehead atoms. The average molecular weight is 297 g/mol.